The fraction of sp³-hybridized carbons (Fsp3) is 0.480. The van der Waals surface area contributed by atoms with Gasteiger partial charge in [0.2, 0.25) is 0 Å². The Hall–Kier alpha value is -2.77. The lowest BCUT2D eigenvalue weighted by atomic mass is 10.0. The topological polar surface area (TPSA) is 89.1 Å². The van der Waals surface area contributed by atoms with Crippen molar-refractivity contribution in [3.63, 3.8) is 0 Å². The Bertz CT molecular complexity index is 814. The summed E-state index contributed by atoms with van der Waals surface area (Å²) in [6, 6.07) is 15.0. The molecule has 176 valence electrons. The molecule has 0 radical (unpaired) electrons. The lowest BCUT2D eigenvalue weighted by Crippen LogP contribution is -2.50. The Morgan fingerprint density at radius 2 is 1.62 bits per heavy atom. The van der Waals surface area contributed by atoms with Crippen molar-refractivity contribution in [3.8, 4) is 11.5 Å². The second-order valence-electron chi connectivity index (χ2n) is 8.68. The van der Waals surface area contributed by atoms with E-state index in [-0.39, 0.29) is 0 Å². The molecule has 0 bridgehead atoms. The van der Waals surface area contributed by atoms with Gasteiger partial charge >= 0.3 is 6.09 Å². The van der Waals surface area contributed by atoms with Crippen LogP contribution in [-0.2, 0) is 17.6 Å². The Morgan fingerprint density at radius 1 is 1.00 bits per heavy atom. The van der Waals surface area contributed by atoms with Gasteiger partial charge in [0.05, 0.1) is 26.4 Å². The monoisotopic (exact) mass is 444 g/mol. The fourth-order valence-corrected chi connectivity index (χ4v) is 3.25. The molecule has 0 aliphatic rings. The largest absolute Gasteiger partial charge is 0.497 e. The van der Waals surface area contributed by atoms with Crippen molar-refractivity contribution in [1.29, 1.82) is 0 Å². The third-order valence-electron chi connectivity index (χ3n) is 4.82. The number of amides is 1. The van der Waals surface area contributed by atoms with E-state index in [1.165, 1.54) is 0 Å². The molecular formula is C25H36N2O5. The molecule has 0 unspecified atom stereocenters. The van der Waals surface area contributed by atoms with Gasteiger partial charge in [-0.3, -0.25) is 0 Å². The van der Waals surface area contributed by atoms with Crippen LogP contribution in [0.25, 0.3) is 0 Å². The quantitative estimate of drug-likeness (QED) is 0.461. The van der Waals surface area contributed by atoms with E-state index in [0.29, 0.717) is 19.5 Å². The fourth-order valence-electron chi connectivity index (χ4n) is 3.25. The van der Waals surface area contributed by atoms with Gasteiger partial charge < -0.3 is 30.0 Å². The number of rotatable bonds is 11. The van der Waals surface area contributed by atoms with Crippen LogP contribution in [0.5, 0.6) is 11.5 Å². The summed E-state index contributed by atoms with van der Waals surface area (Å²) < 4.78 is 16.0. The molecular weight excluding hydrogens is 408 g/mol. The van der Waals surface area contributed by atoms with E-state index >= 15 is 0 Å². The summed E-state index contributed by atoms with van der Waals surface area (Å²) in [7, 11) is 3.25. The summed E-state index contributed by atoms with van der Waals surface area (Å²) >= 11 is 0. The number of hydrogen-bond donors (Lipinski definition) is 3. The zero-order valence-electron chi connectivity index (χ0n) is 19.7. The first kappa shape index (κ1) is 25.5. The van der Waals surface area contributed by atoms with Crippen LogP contribution in [0.2, 0.25) is 0 Å². The number of aliphatic hydroxyl groups excluding tert-OH is 1. The molecule has 0 spiro atoms. The van der Waals surface area contributed by atoms with Crippen molar-refractivity contribution in [2.45, 2.75) is 51.4 Å². The number of ether oxygens (including phenoxy) is 3. The minimum absolute atomic E-state index is 0.328. The molecule has 2 rings (SSSR count). The molecule has 2 atom stereocenters. The highest BCUT2D eigenvalue weighted by atomic mass is 16.6. The number of alkyl carbamates (subject to hydrolysis) is 1. The van der Waals surface area contributed by atoms with Crippen molar-refractivity contribution >= 4 is 6.09 Å². The highest BCUT2D eigenvalue weighted by Crippen LogP contribution is 2.22. The maximum absolute atomic E-state index is 12.3. The maximum atomic E-state index is 12.3. The van der Waals surface area contributed by atoms with Crippen LogP contribution in [0.1, 0.15) is 31.9 Å². The molecule has 0 saturated carbocycles. The van der Waals surface area contributed by atoms with Crippen LogP contribution in [-0.4, -0.2) is 56.3 Å². The predicted molar refractivity (Wildman–Crippen MR) is 125 cm³/mol. The summed E-state index contributed by atoms with van der Waals surface area (Å²) in [5.41, 5.74) is 1.48. The molecule has 0 aromatic heterocycles. The molecule has 0 aliphatic carbocycles. The zero-order valence-corrected chi connectivity index (χ0v) is 19.7. The Morgan fingerprint density at radius 3 is 2.19 bits per heavy atom. The smallest absolute Gasteiger partial charge is 0.407 e. The van der Waals surface area contributed by atoms with Crippen molar-refractivity contribution in [2.24, 2.45) is 0 Å². The third-order valence-corrected chi connectivity index (χ3v) is 4.82. The van der Waals surface area contributed by atoms with Gasteiger partial charge in [-0.2, -0.15) is 0 Å². The Labute approximate surface area is 191 Å². The first-order valence-electron chi connectivity index (χ1n) is 10.8. The summed E-state index contributed by atoms with van der Waals surface area (Å²) in [6.07, 6.45) is -0.0948. The first-order chi connectivity index (χ1) is 15.2. The highest BCUT2D eigenvalue weighted by molar-refractivity contribution is 5.68. The minimum atomic E-state index is -0.789. The molecule has 0 aliphatic heterocycles. The molecule has 2 aromatic carbocycles. The lowest BCUT2D eigenvalue weighted by molar-refractivity contribution is 0.0423. The van der Waals surface area contributed by atoms with Crippen molar-refractivity contribution in [3.05, 3.63) is 59.7 Å². The van der Waals surface area contributed by atoms with Crippen LogP contribution in [0, 0.1) is 0 Å². The number of hydrogen-bond acceptors (Lipinski definition) is 6. The van der Waals surface area contributed by atoms with Gasteiger partial charge in [-0.15, -0.1) is 0 Å². The van der Waals surface area contributed by atoms with E-state index < -0.39 is 23.8 Å². The second kappa shape index (κ2) is 12.3. The van der Waals surface area contributed by atoms with E-state index in [4.69, 9.17) is 14.2 Å². The standard InChI is InChI=1S/C25H36N2O5/c1-25(2,3)32-24(29)27-22(15-18-9-7-6-8-10-18)23(28)17-26-12-11-19-13-20(30-4)16-21(14-19)31-5/h6-10,13-14,16,22-23,26,28H,11-12,15,17H2,1-5H3,(H,27,29)/t22-,23+/m0/s1. The molecule has 7 nitrogen and oxygen atoms in total. The average Bonchev–Trinajstić information content (AvgIpc) is 2.75. The second-order valence-corrected chi connectivity index (χ2v) is 8.68. The number of carbonyl (C=O) groups excluding carboxylic acids is 1. The van der Waals surface area contributed by atoms with Crippen molar-refractivity contribution in [2.75, 3.05) is 27.3 Å². The molecule has 0 saturated heterocycles. The van der Waals surface area contributed by atoms with Crippen molar-refractivity contribution < 1.29 is 24.1 Å². The number of carbonyl (C=O) groups is 1. The van der Waals surface area contributed by atoms with Crippen molar-refractivity contribution in [1.82, 2.24) is 10.6 Å². The van der Waals surface area contributed by atoms with Gasteiger partial charge in [-0.1, -0.05) is 30.3 Å². The van der Waals surface area contributed by atoms with Crippen LogP contribution < -0.4 is 20.1 Å². The molecule has 3 N–H and O–H groups in total. The first-order valence-corrected chi connectivity index (χ1v) is 10.8. The van der Waals surface area contributed by atoms with E-state index in [9.17, 15) is 9.90 Å². The van der Waals surface area contributed by atoms with Gasteiger partial charge in [-0.25, -0.2) is 4.79 Å². The minimum Gasteiger partial charge on any atom is -0.497 e. The number of methoxy groups -OCH3 is 2. The van der Waals surface area contributed by atoms with Crippen LogP contribution >= 0.6 is 0 Å². The average molecular weight is 445 g/mol. The van der Waals surface area contributed by atoms with Crippen LogP contribution in [0.3, 0.4) is 0 Å². The predicted octanol–water partition coefficient (Wildman–Crippen LogP) is 3.33. The third kappa shape index (κ3) is 9.16. The van der Waals surface area contributed by atoms with Gasteiger partial charge in [0.15, 0.2) is 0 Å². The summed E-state index contributed by atoms with van der Waals surface area (Å²) in [6.45, 7) is 6.41. The number of aliphatic hydroxyl groups is 1. The molecule has 32 heavy (non-hydrogen) atoms. The molecule has 7 heteroatoms. The summed E-state index contributed by atoms with van der Waals surface area (Å²) in [4.78, 5) is 12.3. The van der Waals surface area contributed by atoms with E-state index in [2.05, 4.69) is 10.6 Å². The summed E-state index contributed by atoms with van der Waals surface area (Å²) in [5.74, 6) is 1.48. The van der Waals surface area contributed by atoms with E-state index in [0.717, 1.165) is 29.0 Å². The van der Waals surface area contributed by atoms with Gasteiger partial charge in [0, 0.05) is 12.6 Å². The van der Waals surface area contributed by atoms with Crippen LogP contribution in [0.15, 0.2) is 48.5 Å². The SMILES string of the molecule is COc1cc(CCNC[C@@H](O)[C@H](Cc2ccccc2)NC(=O)OC(C)(C)C)cc(OC)c1. The molecule has 1 amide bonds. The normalized spacial score (nSPS) is 13.2. The molecule has 0 heterocycles. The van der Waals surface area contributed by atoms with Gasteiger partial charge in [0.1, 0.15) is 17.1 Å². The van der Waals surface area contributed by atoms with Gasteiger partial charge in [0.25, 0.3) is 0 Å². The molecule has 0 fully saturated rings. The maximum Gasteiger partial charge on any atom is 0.407 e. The Balaban J connectivity index is 1.93. The van der Waals surface area contributed by atoms with E-state index in [1.807, 2.05) is 69.3 Å². The van der Waals surface area contributed by atoms with Gasteiger partial charge in [-0.05, 0) is 63.4 Å². The zero-order chi connectivity index (χ0) is 23.6. The Kier molecular flexibility index (Phi) is 9.81. The highest BCUT2D eigenvalue weighted by Gasteiger charge is 2.24. The summed E-state index contributed by atoms with van der Waals surface area (Å²) in [5, 5.41) is 16.9. The van der Waals surface area contributed by atoms with Crippen LogP contribution in [0.4, 0.5) is 4.79 Å². The molecule has 2 aromatic rings. The van der Waals surface area contributed by atoms with E-state index in [1.54, 1.807) is 14.2 Å². The lowest BCUT2D eigenvalue weighted by Gasteiger charge is -2.27. The number of benzene rings is 2. The number of nitrogens with one attached hydrogen (secondary N) is 2.